The van der Waals surface area contributed by atoms with Crippen molar-refractivity contribution >= 4 is 0 Å². The molecule has 0 amide bonds. The van der Waals surface area contributed by atoms with Crippen LogP contribution >= 0.6 is 0 Å². The highest BCUT2D eigenvalue weighted by atomic mass is 16.5. The van der Waals surface area contributed by atoms with Crippen LogP contribution in [0.15, 0.2) is 18.2 Å². The highest BCUT2D eigenvalue weighted by Gasteiger charge is 2.20. The molecule has 0 fully saturated rings. The fourth-order valence-corrected chi connectivity index (χ4v) is 2.04. The Bertz CT molecular complexity index is 366. The summed E-state index contributed by atoms with van der Waals surface area (Å²) in [5.41, 5.74) is 2.76. The summed E-state index contributed by atoms with van der Waals surface area (Å²) in [4.78, 5) is 0. The fourth-order valence-electron chi connectivity index (χ4n) is 2.04. The lowest BCUT2D eigenvalue weighted by molar-refractivity contribution is 0.397. The largest absolute Gasteiger partial charge is 0.496 e. The average Bonchev–Trinajstić information content (AvgIpc) is 2.27. The van der Waals surface area contributed by atoms with E-state index in [0.29, 0.717) is 5.92 Å². The van der Waals surface area contributed by atoms with E-state index in [0.717, 1.165) is 12.3 Å². The van der Waals surface area contributed by atoms with Crippen LogP contribution in [0.1, 0.15) is 44.7 Å². The van der Waals surface area contributed by atoms with Crippen LogP contribution in [-0.4, -0.2) is 20.7 Å². The predicted molar refractivity (Wildman–Crippen MR) is 74.0 cm³/mol. The maximum atomic E-state index is 5.45. The van der Waals surface area contributed by atoms with E-state index in [1.807, 2.05) is 7.05 Å². The van der Waals surface area contributed by atoms with Gasteiger partial charge in [-0.1, -0.05) is 39.8 Å². The molecule has 1 rings (SSSR count). The summed E-state index contributed by atoms with van der Waals surface area (Å²) in [6.45, 7) is 9.90. The van der Waals surface area contributed by atoms with Gasteiger partial charge in [-0.25, -0.2) is 0 Å². The van der Waals surface area contributed by atoms with Crippen molar-refractivity contribution in [3.8, 4) is 5.75 Å². The van der Waals surface area contributed by atoms with Gasteiger partial charge in [-0.2, -0.15) is 0 Å². The van der Waals surface area contributed by atoms with Crippen molar-refractivity contribution in [1.29, 1.82) is 0 Å². The zero-order valence-electron chi connectivity index (χ0n) is 11.9. The van der Waals surface area contributed by atoms with Crippen LogP contribution in [0.4, 0.5) is 0 Å². The third-order valence-electron chi connectivity index (χ3n) is 3.11. The molecule has 0 bridgehead atoms. The monoisotopic (exact) mass is 235 g/mol. The molecule has 0 aliphatic heterocycles. The van der Waals surface area contributed by atoms with Gasteiger partial charge in [0.2, 0.25) is 0 Å². The van der Waals surface area contributed by atoms with E-state index in [-0.39, 0.29) is 5.41 Å². The number of ether oxygens (including phenoxy) is 1. The van der Waals surface area contributed by atoms with Gasteiger partial charge in [0.25, 0.3) is 0 Å². The van der Waals surface area contributed by atoms with E-state index in [4.69, 9.17) is 4.74 Å². The molecule has 0 saturated heterocycles. The molecule has 1 atom stereocenters. The Morgan fingerprint density at radius 1 is 1.29 bits per heavy atom. The van der Waals surface area contributed by atoms with E-state index >= 15 is 0 Å². The third kappa shape index (κ3) is 3.47. The van der Waals surface area contributed by atoms with Gasteiger partial charge in [0.05, 0.1) is 7.11 Å². The lowest BCUT2D eigenvalue weighted by Crippen LogP contribution is -2.17. The summed E-state index contributed by atoms with van der Waals surface area (Å²) in [6.07, 6.45) is 0. The van der Waals surface area contributed by atoms with Gasteiger partial charge in [0.1, 0.15) is 5.75 Å². The van der Waals surface area contributed by atoms with Crippen LogP contribution < -0.4 is 10.1 Å². The van der Waals surface area contributed by atoms with Crippen LogP contribution in [0.2, 0.25) is 0 Å². The molecular formula is C15H25NO. The summed E-state index contributed by atoms with van der Waals surface area (Å²) < 4.78 is 5.45. The van der Waals surface area contributed by atoms with Gasteiger partial charge < -0.3 is 10.1 Å². The topological polar surface area (TPSA) is 21.3 Å². The summed E-state index contributed by atoms with van der Waals surface area (Å²) in [6, 6.07) is 6.53. The molecule has 2 heteroatoms. The van der Waals surface area contributed by atoms with Crippen LogP contribution in [-0.2, 0) is 5.41 Å². The maximum Gasteiger partial charge on any atom is 0.122 e. The number of rotatable bonds is 4. The van der Waals surface area contributed by atoms with Gasteiger partial charge in [-0.3, -0.25) is 0 Å². The van der Waals surface area contributed by atoms with Crippen molar-refractivity contribution in [3.05, 3.63) is 29.3 Å². The Balaban J connectivity index is 3.13. The maximum absolute atomic E-state index is 5.45. The predicted octanol–water partition coefficient (Wildman–Crippen LogP) is 3.32. The van der Waals surface area contributed by atoms with E-state index in [1.54, 1.807) is 7.11 Å². The molecule has 1 aromatic carbocycles. The quantitative estimate of drug-likeness (QED) is 0.864. The average molecular weight is 235 g/mol. The van der Waals surface area contributed by atoms with Gasteiger partial charge in [0, 0.05) is 6.54 Å². The van der Waals surface area contributed by atoms with E-state index in [1.165, 1.54) is 11.1 Å². The van der Waals surface area contributed by atoms with Gasteiger partial charge in [-0.15, -0.1) is 0 Å². The van der Waals surface area contributed by atoms with Crippen LogP contribution in [0.3, 0.4) is 0 Å². The van der Waals surface area contributed by atoms with E-state index < -0.39 is 0 Å². The molecule has 2 nitrogen and oxygen atoms in total. The molecule has 96 valence electrons. The van der Waals surface area contributed by atoms with Crippen molar-refractivity contribution in [2.45, 2.75) is 39.0 Å². The fraction of sp³-hybridized carbons (Fsp3) is 0.600. The minimum Gasteiger partial charge on any atom is -0.496 e. The number of benzene rings is 1. The van der Waals surface area contributed by atoms with E-state index in [2.05, 4.69) is 51.2 Å². The smallest absolute Gasteiger partial charge is 0.122 e. The molecule has 0 spiro atoms. The number of hydrogen-bond acceptors (Lipinski definition) is 2. The van der Waals surface area contributed by atoms with Gasteiger partial charge in [-0.05, 0) is 35.6 Å². The SMILES string of the molecule is CNCC(C)c1ccc(OC)c(C(C)(C)C)c1. The van der Waals surface area contributed by atoms with Gasteiger partial charge >= 0.3 is 0 Å². The Hall–Kier alpha value is -1.02. The summed E-state index contributed by atoms with van der Waals surface area (Å²) in [7, 11) is 3.73. The van der Waals surface area contributed by atoms with Gasteiger partial charge in [0.15, 0.2) is 0 Å². The van der Waals surface area contributed by atoms with Crippen molar-refractivity contribution in [3.63, 3.8) is 0 Å². The molecule has 1 N–H and O–H groups in total. The molecule has 17 heavy (non-hydrogen) atoms. The summed E-state index contributed by atoms with van der Waals surface area (Å²) in [5.74, 6) is 1.50. The highest BCUT2D eigenvalue weighted by molar-refractivity contribution is 5.42. The number of methoxy groups -OCH3 is 1. The highest BCUT2D eigenvalue weighted by Crippen LogP contribution is 2.33. The van der Waals surface area contributed by atoms with E-state index in [9.17, 15) is 0 Å². The Labute approximate surface area is 105 Å². The van der Waals surface area contributed by atoms with Crippen LogP contribution in [0.5, 0.6) is 5.75 Å². The molecule has 1 aromatic rings. The normalized spacial score (nSPS) is 13.5. The first-order valence-electron chi connectivity index (χ1n) is 6.23. The first kappa shape index (κ1) is 14.0. The van der Waals surface area contributed by atoms with Crippen molar-refractivity contribution < 1.29 is 4.74 Å². The molecular weight excluding hydrogens is 210 g/mol. The zero-order chi connectivity index (χ0) is 13.1. The molecule has 0 radical (unpaired) electrons. The number of hydrogen-bond donors (Lipinski definition) is 1. The van der Waals surface area contributed by atoms with Crippen molar-refractivity contribution in [2.24, 2.45) is 0 Å². The summed E-state index contributed by atoms with van der Waals surface area (Å²) >= 11 is 0. The molecule has 0 aromatic heterocycles. The molecule has 1 unspecified atom stereocenters. The van der Waals surface area contributed by atoms with Crippen molar-refractivity contribution in [2.75, 3.05) is 20.7 Å². The second kappa shape index (κ2) is 5.54. The Morgan fingerprint density at radius 2 is 1.94 bits per heavy atom. The molecule has 0 saturated carbocycles. The lowest BCUT2D eigenvalue weighted by atomic mass is 9.84. The second-order valence-electron chi connectivity index (χ2n) is 5.67. The minimum atomic E-state index is 0.112. The number of nitrogens with one attached hydrogen (secondary N) is 1. The first-order valence-corrected chi connectivity index (χ1v) is 6.23. The molecule has 0 aliphatic rings. The van der Waals surface area contributed by atoms with Crippen LogP contribution in [0.25, 0.3) is 0 Å². The van der Waals surface area contributed by atoms with Crippen LogP contribution in [0, 0.1) is 0 Å². The summed E-state index contributed by atoms with van der Waals surface area (Å²) in [5, 5.41) is 3.22. The lowest BCUT2D eigenvalue weighted by Gasteiger charge is -2.24. The molecule has 0 aliphatic carbocycles. The standard InChI is InChI=1S/C15H25NO/c1-11(10-16-5)12-7-8-14(17-6)13(9-12)15(2,3)4/h7-9,11,16H,10H2,1-6H3. The minimum absolute atomic E-state index is 0.112. The molecule has 0 heterocycles. The third-order valence-corrected chi connectivity index (χ3v) is 3.11. The number of likely N-dealkylation sites (N-methyl/N-ethyl adjacent to an activating group) is 1. The van der Waals surface area contributed by atoms with Crippen molar-refractivity contribution in [1.82, 2.24) is 5.32 Å². The first-order chi connectivity index (χ1) is 7.90. The zero-order valence-corrected chi connectivity index (χ0v) is 11.9. The Morgan fingerprint density at radius 3 is 2.41 bits per heavy atom. The second-order valence-corrected chi connectivity index (χ2v) is 5.67. The Kier molecular flexibility index (Phi) is 4.58.